The van der Waals surface area contributed by atoms with Gasteiger partial charge in [0.1, 0.15) is 5.75 Å². The summed E-state index contributed by atoms with van der Waals surface area (Å²) in [5.41, 5.74) is 2.78. The third-order valence-corrected chi connectivity index (χ3v) is 3.80. The molecule has 3 aromatic rings. The van der Waals surface area contributed by atoms with Gasteiger partial charge >= 0.3 is 0 Å². The second-order valence-corrected chi connectivity index (χ2v) is 5.70. The summed E-state index contributed by atoms with van der Waals surface area (Å²) in [5.74, 6) is 0.731. The van der Waals surface area contributed by atoms with Gasteiger partial charge in [0, 0.05) is 31.0 Å². The van der Waals surface area contributed by atoms with Crippen molar-refractivity contribution in [3.8, 4) is 5.75 Å². The summed E-state index contributed by atoms with van der Waals surface area (Å²) in [4.78, 5) is 16.3. The molecule has 0 bridgehead atoms. The molecule has 0 aliphatic carbocycles. The lowest BCUT2D eigenvalue weighted by Crippen LogP contribution is -2.22. The first-order chi connectivity index (χ1) is 12.2. The number of ether oxygens (including phenoxy) is 1. The van der Waals surface area contributed by atoms with Crippen LogP contribution in [0.2, 0.25) is 0 Å². The van der Waals surface area contributed by atoms with Crippen molar-refractivity contribution < 1.29 is 9.53 Å². The monoisotopic (exact) mass is 335 g/mol. The zero-order valence-corrected chi connectivity index (χ0v) is 14.2. The van der Waals surface area contributed by atoms with E-state index in [1.807, 2.05) is 66.2 Å². The minimum Gasteiger partial charge on any atom is -0.494 e. The number of hydrogen-bond acceptors (Lipinski definition) is 3. The molecule has 1 N–H and O–H groups in total. The summed E-state index contributed by atoms with van der Waals surface area (Å²) >= 11 is 0. The predicted octanol–water partition coefficient (Wildman–Crippen LogP) is 3.26. The first-order valence-electron chi connectivity index (χ1n) is 8.29. The van der Waals surface area contributed by atoms with Gasteiger partial charge in [0.2, 0.25) is 0 Å². The highest BCUT2D eigenvalue weighted by molar-refractivity contribution is 5.94. The molecule has 25 heavy (non-hydrogen) atoms. The van der Waals surface area contributed by atoms with Crippen LogP contribution in [0.5, 0.6) is 5.75 Å². The van der Waals surface area contributed by atoms with E-state index in [9.17, 15) is 4.79 Å². The van der Waals surface area contributed by atoms with E-state index in [0.717, 1.165) is 23.4 Å². The lowest BCUT2D eigenvalue weighted by molar-refractivity contribution is 0.0951. The fraction of sp³-hybridized carbons (Fsp3) is 0.200. The summed E-state index contributed by atoms with van der Waals surface area (Å²) in [6, 6.07) is 15.4. The number of nitrogens with one attached hydrogen (secondary N) is 1. The Morgan fingerprint density at radius 2 is 2.00 bits per heavy atom. The highest BCUT2D eigenvalue weighted by Gasteiger charge is 2.06. The molecule has 0 saturated carbocycles. The lowest BCUT2D eigenvalue weighted by Gasteiger charge is -2.09. The summed E-state index contributed by atoms with van der Waals surface area (Å²) in [5, 5.41) is 2.94. The quantitative estimate of drug-likeness (QED) is 0.721. The summed E-state index contributed by atoms with van der Waals surface area (Å²) < 4.78 is 7.46. The van der Waals surface area contributed by atoms with Gasteiger partial charge in [0.25, 0.3) is 5.91 Å². The molecule has 2 aromatic carbocycles. The van der Waals surface area contributed by atoms with Crippen LogP contribution in [0, 0.1) is 0 Å². The largest absolute Gasteiger partial charge is 0.494 e. The number of rotatable bonds is 7. The van der Waals surface area contributed by atoms with Crippen LogP contribution in [0.4, 0.5) is 0 Å². The van der Waals surface area contributed by atoms with Crippen molar-refractivity contribution in [1.82, 2.24) is 14.9 Å². The van der Waals surface area contributed by atoms with Crippen molar-refractivity contribution in [2.24, 2.45) is 0 Å². The van der Waals surface area contributed by atoms with Crippen molar-refractivity contribution >= 4 is 5.91 Å². The lowest BCUT2D eigenvalue weighted by atomic mass is 10.1. The molecule has 0 spiro atoms. The van der Waals surface area contributed by atoms with E-state index in [1.165, 1.54) is 0 Å². The molecule has 0 unspecified atom stereocenters. The van der Waals surface area contributed by atoms with Gasteiger partial charge in [-0.3, -0.25) is 4.79 Å². The zero-order valence-electron chi connectivity index (χ0n) is 14.2. The number of benzene rings is 2. The second-order valence-electron chi connectivity index (χ2n) is 5.70. The molecular formula is C20H21N3O2. The van der Waals surface area contributed by atoms with Gasteiger partial charge in [0.15, 0.2) is 0 Å². The Bertz CT molecular complexity index is 811. The van der Waals surface area contributed by atoms with Crippen molar-refractivity contribution in [2.75, 3.05) is 6.61 Å². The van der Waals surface area contributed by atoms with Crippen molar-refractivity contribution in [3.05, 3.63) is 83.9 Å². The number of amides is 1. The van der Waals surface area contributed by atoms with Crippen molar-refractivity contribution in [1.29, 1.82) is 0 Å². The minimum atomic E-state index is -0.0870. The normalized spacial score (nSPS) is 10.4. The van der Waals surface area contributed by atoms with Crippen molar-refractivity contribution in [2.45, 2.75) is 20.0 Å². The Balaban J connectivity index is 1.57. The molecule has 5 heteroatoms. The molecule has 0 aliphatic heterocycles. The van der Waals surface area contributed by atoms with Crippen LogP contribution >= 0.6 is 0 Å². The topological polar surface area (TPSA) is 56.1 Å². The first-order valence-corrected chi connectivity index (χ1v) is 8.29. The van der Waals surface area contributed by atoms with Gasteiger partial charge in [-0.2, -0.15) is 0 Å². The van der Waals surface area contributed by atoms with E-state index in [1.54, 1.807) is 12.5 Å². The van der Waals surface area contributed by atoms with Crippen LogP contribution in [0.1, 0.15) is 28.4 Å². The van der Waals surface area contributed by atoms with Crippen LogP contribution in [-0.4, -0.2) is 22.1 Å². The standard InChI is InChI=1S/C20H21N3O2/c1-2-25-19-5-3-4-17(12-19)13-22-20(24)18-8-6-16(7-9-18)14-23-11-10-21-15-23/h3-12,15H,2,13-14H2,1H3,(H,22,24). The number of hydrogen-bond donors (Lipinski definition) is 1. The molecule has 3 rings (SSSR count). The van der Waals surface area contributed by atoms with Gasteiger partial charge in [-0.05, 0) is 42.3 Å². The van der Waals surface area contributed by atoms with E-state index in [4.69, 9.17) is 4.74 Å². The Labute approximate surface area is 147 Å². The fourth-order valence-corrected chi connectivity index (χ4v) is 2.55. The Kier molecular flexibility index (Phi) is 5.46. The van der Waals surface area contributed by atoms with Gasteiger partial charge in [0.05, 0.1) is 12.9 Å². The zero-order chi connectivity index (χ0) is 17.5. The fourth-order valence-electron chi connectivity index (χ4n) is 2.55. The average molecular weight is 335 g/mol. The van der Waals surface area contributed by atoms with Crippen LogP contribution in [0.15, 0.2) is 67.3 Å². The average Bonchev–Trinajstić information content (AvgIpc) is 3.14. The number of nitrogens with zero attached hydrogens (tertiary/aromatic N) is 2. The molecule has 0 aliphatic rings. The number of carbonyl (C=O) groups is 1. The number of imidazole rings is 1. The molecule has 0 radical (unpaired) electrons. The van der Waals surface area contributed by atoms with Gasteiger partial charge in [-0.15, -0.1) is 0 Å². The van der Waals surface area contributed by atoms with Gasteiger partial charge in [-0.25, -0.2) is 4.98 Å². The van der Waals surface area contributed by atoms with E-state index >= 15 is 0 Å². The summed E-state index contributed by atoms with van der Waals surface area (Å²) in [7, 11) is 0. The second kappa shape index (κ2) is 8.15. The first kappa shape index (κ1) is 16.8. The van der Waals surface area contributed by atoms with Gasteiger partial charge in [-0.1, -0.05) is 24.3 Å². The maximum absolute atomic E-state index is 12.3. The highest BCUT2D eigenvalue weighted by atomic mass is 16.5. The van der Waals surface area contributed by atoms with E-state index in [0.29, 0.717) is 18.7 Å². The van der Waals surface area contributed by atoms with E-state index in [-0.39, 0.29) is 5.91 Å². The van der Waals surface area contributed by atoms with Gasteiger partial charge < -0.3 is 14.6 Å². The molecule has 0 fully saturated rings. The third-order valence-electron chi connectivity index (χ3n) is 3.80. The third kappa shape index (κ3) is 4.70. The van der Waals surface area contributed by atoms with Crippen molar-refractivity contribution in [3.63, 3.8) is 0 Å². The summed E-state index contributed by atoms with van der Waals surface area (Å²) in [6.07, 6.45) is 5.44. The van der Waals surface area contributed by atoms with Crippen LogP contribution in [0.3, 0.4) is 0 Å². The minimum absolute atomic E-state index is 0.0870. The Morgan fingerprint density at radius 3 is 2.72 bits per heavy atom. The molecule has 1 amide bonds. The highest BCUT2D eigenvalue weighted by Crippen LogP contribution is 2.13. The van der Waals surface area contributed by atoms with Crippen LogP contribution < -0.4 is 10.1 Å². The molecule has 0 atom stereocenters. The van der Waals surface area contributed by atoms with Crippen LogP contribution in [0.25, 0.3) is 0 Å². The molecule has 128 valence electrons. The molecule has 5 nitrogen and oxygen atoms in total. The smallest absolute Gasteiger partial charge is 0.251 e. The Morgan fingerprint density at radius 1 is 1.16 bits per heavy atom. The number of aromatic nitrogens is 2. The van der Waals surface area contributed by atoms with Crippen LogP contribution in [-0.2, 0) is 13.1 Å². The summed E-state index contributed by atoms with van der Waals surface area (Å²) in [6.45, 7) is 3.79. The number of carbonyl (C=O) groups excluding carboxylic acids is 1. The molecule has 0 saturated heterocycles. The maximum Gasteiger partial charge on any atom is 0.251 e. The van der Waals surface area contributed by atoms with E-state index < -0.39 is 0 Å². The predicted molar refractivity (Wildman–Crippen MR) is 96.6 cm³/mol. The molecular weight excluding hydrogens is 314 g/mol. The molecule has 1 heterocycles. The Hall–Kier alpha value is -3.08. The molecule has 1 aromatic heterocycles. The SMILES string of the molecule is CCOc1cccc(CNC(=O)c2ccc(Cn3ccnc3)cc2)c1. The van der Waals surface area contributed by atoms with E-state index in [2.05, 4.69) is 10.3 Å². The maximum atomic E-state index is 12.3.